The second-order valence-electron chi connectivity index (χ2n) is 1.31. The summed E-state index contributed by atoms with van der Waals surface area (Å²) in [6.07, 6.45) is 2.83. The zero-order valence-electron chi connectivity index (χ0n) is 4.11. The molecule has 4 heteroatoms. The van der Waals surface area contributed by atoms with Crippen molar-refractivity contribution in [3.63, 3.8) is 0 Å². The Morgan fingerprint density at radius 2 is 2.50 bits per heavy atom. The molecule has 0 saturated carbocycles. The molecule has 0 radical (unpaired) electrons. The molecule has 0 saturated heterocycles. The van der Waals surface area contributed by atoms with E-state index in [0.29, 0.717) is 0 Å². The first kappa shape index (κ1) is 4.83. The Morgan fingerprint density at radius 3 is 2.88 bits per heavy atom. The SMILES string of the molecule is Nn1cccnc1=O. The molecule has 1 heterocycles. The van der Waals surface area contributed by atoms with Crippen molar-refractivity contribution in [2.45, 2.75) is 0 Å². The second-order valence-corrected chi connectivity index (χ2v) is 1.31. The number of nitrogens with two attached hydrogens (primary N) is 1. The minimum atomic E-state index is -0.437. The van der Waals surface area contributed by atoms with Crippen LogP contribution in [0, 0.1) is 0 Å². The molecule has 4 nitrogen and oxygen atoms in total. The van der Waals surface area contributed by atoms with Crippen molar-refractivity contribution in [3.8, 4) is 0 Å². The van der Waals surface area contributed by atoms with Crippen molar-refractivity contribution in [1.82, 2.24) is 9.66 Å². The van der Waals surface area contributed by atoms with E-state index in [1.165, 1.54) is 12.4 Å². The number of nitrogens with zero attached hydrogens (tertiary/aromatic N) is 2. The van der Waals surface area contributed by atoms with E-state index >= 15 is 0 Å². The number of rotatable bonds is 0. The molecule has 0 atom stereocenters. The number of nitrogen functional groups attached to an aromatic ring is 1. The zero-order chi connectivity index (χ0) is 5.98. The molecule has 8 heavy (non-hydrogen) atoms. The maximum Gasteiger partial charge on any atom is 0.365 e. The Balaban J connectivity index is 3.35. The molecule has 1 aromatic rings. The second kappa shape index (κ2) is 1.65. The van der Waals surface area contributed by atoms with Gasteiger partial charge >= 0.3 is 5.69 Å². The Bertz CT molecular complexity index is 229. The summed E-state index contributed by atoms with van der Waals surface area (Å²) in [5, 5.41) is 0. The minimum absolute atomic E-state index is 0.437. The topological polar surface area (TPSA) is 60.9 Å². The van der Waals surface area contributed by atoms with Crippen LogP contribution in [0.2, 0.25) is 0 Å². The molecule has 0 aromatic carbocycles. The molecule has 1 rings (SSSR count). The summed E-state index contributed by atoms with van der Waals surface area (Å²) in [5.41, 5.74) is -0.437. The van der Waals surface area contributed by atoms with Crippen LogP contribution in [0.25, 0.3) is 0 Å². The first-order chi connectivity index (χ1) is 3.80. The average Bonchev–Trinajstić information content (AvgIpc) is 1.77. The van der Waals surface area contributed by atoms with Crippen LogP contribution in [0.4, 0.5) is 0 Å². The van der Waals surface area contributed by atoms with Crippen molar-refractivity contribution in [1.29, 1.82) is 0 Å². The summed E-state index contributed by atoms with van der Waals surface area (Å²) in [6.45, 7) is 0. The van der Waals surface area contributed by atoms with E-state index in [-0.39, 0.29) is 0 Å². The molecular weight excluding hydrogens is 106 g/mol. The van der Waals surface area contributed by atoms with E-state index in [1.807, 2.05) is 0 Å². The lowest BCUT2D eigenvalue weighted by Crippen LogP contribution is -2.27. The Kier molecular flexibility index (Phi) is 0.997. The van der Waals surface area contributed by atoms with Gasteiger partial charge in [-0.25, -0.2) is 14.5 Å². The molecular formula is C4H5N3O. The predicted molar refractivity (Wildman–Crippen MR) is 28.6 cm³/mol. The third-order valence-electron chi connectivity index (χ3n) is 0.739. The summed E-state index contributed by atoms with van der Waals surface area (Å²) in [5.74, 6) is 5.06. The van der Waals surface area contributed by atoms with Gasteiger partial charge in [-0.3, -0.25) is 0 Å². The summed E-state index contributed by atoms with van der Waals surface area (Å²) >= 11 is 0. The van der Waals surface area contributed by atoms with E-state index in [0.717, 1.165) is 4.68 Å². The highest BCUT2D eigenvalue weighted by molar-refractivity contribution is 4.79. The van der Waals surface area contributed by atoms with Crippen LogP contribution in [0.5, 0.6) is 0 Å². The average molecular weight is 111 g/mol. The van der Waals surface area contributed by atoms with Gasteiger partial charge in [0.25, 0.3) is 0 Å². The van der Waals surface area contributed by atoms with Gasteiger partial charge in [0.2, 0.25) is 0 Å². The van der Waals surface area contributed by atoms with E-state index in [1.54, 1.807) is 6.07 Å². The standard InChI is InChI=1S/C4H5N3O/c5-7-3-1-2-6-4(7)8/h1-3H,5H2. The van der Waals surface area contributed by atoms with Crippen LogP contribution in [0.1, 0.15) is 0 Å². The first-order valence-electron chi connectivity index (χ1n) is 2.09. The quantitative estimate of drug-likeness (QED) is 0.435. The molecule has 42 valence electrons. The van der Waals surface area contributed by atoms with Crippen LogP contribution >= 0.6 is 0 Å². The molecule has 1 aromatic heterocycles. The molecule has 0 bridgehead atoms. The fourth-order valence-corrected chi connectivity index (χ4v) is 0.368. The molecule has 0 aliphatic rings. The maximum atomic E-state index is 10.3. The summed E-state index contributed by atoms with van der Waals surface area (Å²) in [6, 6.07) is 1.58. The summed E-state index contributed by atoms with van der Waals surface area (Å²) in [7, 11) is 0. The molecule has 0 amide bonds. The van der Waals surface area contributed by atoms with Crippen molar-refractivity contribution in [2.75, 3.05) is 5.84 Å². The molecule has 0 spiro atoms. The third kappa shape index (κ3) is 0.676. The van der Waals surface area contributed by atoms with Crippen LogP contribution in [-0.4, -0.2) is 9.66 Å². The fraction of sp³-hybridized carbons (Fsp3) is 0. The van der Waals surface area contributed by atoms with Gasteiger partial charge in [-0.1, -0.05) is 0 Å². The molecule has 0 unspecified atom stereocenters. The van der Waals surface area contributed by atoms with E-state index in [2.05, 4.69) is 4.98 Å². The highest BCUT2D eigenvalue weighted by Gasteiger charge is 1.81. The monoisotopic (exact) mass is 111 g/mol. The summed E-state index contributed by atoms with van der Waals surface area (Å²) < 4.78 is 0.917. The Morgan fingerprint density at radius 1 is 1.75 bits per heavy atom. The summed E-state index contributed by atoms with van der Waals surface area (Å²) in [4.78, 5) is 13.7. The van der Waals surface area contributed by atoms with E-state index in [9.17, 15) is 4.79 Å². The van der Waals surface area contributed by atoms with Gasteiger partial charge in [-0.2, -0.15) is 0 Å². The third-order valence-corrected chi connectivity index (χ3v) is 0.739. The molecule has 0 aliphatic carbocycles. The van der Waals surface area contributed by atoms with Gasteiger partial charge in [-0.05, 0) is 6.07 Å². The largest absolute Gasteiger partial charge is 0.365 e. The van der Waals surface area contributed by atoms with Gasteiger partial charge in [0, 0.05) is 12.4 Å². The smallest absolute Gasteiger partial charge is 0.335 e. The highest BCUT2D eigenvalue weighted by atomic mass is 16.1. The Hall–Kier alpha value is -1.32. The lowest BCUT2D eigenvalue weighted by atomic mass is 10.7. The van der Waals surface area contributed by atoms with Crippen LogP contribution in [-0.2, 0) is 0 Å². The molecule has 2 N–H and O–H groups in total. The van der Waals surface area contributed by atoms with Crippen molar-refractivity contribution >= 4 is 0 Å². The predicted octanol–water partition coefficient (Wildman–Crippen LogP) is -1.04. The van der Waals surface area contributed by atoms with Gasteiger partial charge < -0.3 is 5.84 Å². The lowest BCUT2D eigenvalue weighted by Gasteiger charge is -1.88. The molecule has 0 fully saturated rings. The normalized spacial score (nSPS) is 9.00. The van der Waals surface area contributed by atoms with Crippen LogP contribution in [0.15, 0.2) is 23.3 Å². The highest BCUT2D eigenvalue weighted by Crippen LogP contribution is 1.65. The van der Waals surface area contributed by atoms with E-state index in [4.69, 9.17) is 5.84 Å². The first-order valence-corrected chi connectivity index (χ1v) is 2.09. The zero-order valence-corrected chi connectivity index (χ0v) is 4.11. The number of aromatic nitrogens is 2. The Labute approximate surface area is 45.6 Å². The number of hydrogen-bond donors (Lipinski definition) is 1. The van der Waals surface area contributed by atoms with E-state index < -0.39 is 5.69 Å². The van der Waals surface area contributed by atoms with Gasteiger partial charge in [0.05, 0.1) is 0 Å². The molecule has 0 aliphatic heterocycles. The lowest BCUT2D eigenvalue weighted by molar-refractivity contribution is 0.871. The van der Waals surface area contributed by atoms with Crippen molar-refractivity contribution in [2.24, 2.45) is 0 Å². The van der Waals surface area contributed by atoms with Gasteiger partial charge in [0.15, 0.2) is 0 Å². The van der Waals surface area contributed by atoms with Gasteiger partial charge in [0.1, 0.15) is 0 Å². The van der Waals surface area contributed by atoms with Crippen molar-refractivity contribution in [3.05, 3.63) is 28.9 Å². The van der Waals surface area contributed by atoms with Gasteiger partial charge in [-0.15, -0.1) is 0 Å². The maximum absolute atomic E-state index is 10.3. The van der Waals surface area contributed by atoms with Crippen LogP contribution < -0.4 is 11.5 Å². The van der Waals surface area contributed by atoms with Crippen LogP contribution in [0.3, 0.4) is 0 Å². The fourth-order valence-electron chi connectivity index (χ4n) is 0.368. The van der Waals surface area contributed by atoms with Crippen molar-refractivity contribution < 1.29 is 0 Å². The minimum Gasteiger partial charge on any atom is -0.335 e. The number of hydrogen-bond acceptors (Lipinski definition) is 3.